The molecule has 2 saturated heterocycles. The maximum Gasteiger partial charge on any atom is 0.216 e. The van der Waals surface area contributed by atoms with Gasteiger partial charge in [-0.3, -0.25) is 0 Å². The summed E-state index contributed by atoms with van der Waals surface area (Å²) in [6.45, 7) is 3.82. The van der Waals surface area contributed by atoms with Crippen LogP contribution in [0.5, 0.6) is 0 Å². The van der Waals surface area contributed by atoms with E-state index in [-0.39, 0.29) is 23.8 Å². The minimum Gasteiger partial charge on any atom is -0.377 e. The van der Waals surface area contributed by atoms with Gasteiger partial charge in [0, 0.05) is 25.7 Å². The minimum atomic E-state index is -3.19. The van der Waals surface area contributed by atoms with E-state index in [1.165, 1.54) is 0 Å². The number of hydrogen-bond acceptors (Lipinski definition) is 4. The van der Waals surface area contributed by atoms with E-state index >= 15 is 0 Å². The van der Waals surface area contributed by atoms with Crippen molar-refractivity contribution in [1.29, 1.82) is 0 Å². The molecule has 2 rings (SSSR count). The van der Waals surface area contributed by atoms with Gasteiger partial charge >= 0.3 is 0 Å². The maximum atomic E-state index is 12.3. The monoisotopic (exact) mass is 276 g/mol. The largest absolute Gasteiger partial charge is 0.377 e. The summed E-state index contributed by atoms with van der Waals surface area (Å²) >= 11 is 0. The van der Waals surface area contributed by atoms with Crippen LogP contribution in [0.1, 0.15) is 32.6 Å². The lowest BCUT2D eigenvalue weighted by Crippen LogP contribution is -2.49. The summed E-state index contributed by atoms with van der Waals surface area (Å²) in [6, 6.07) is 0.127. The molecule has 0 amide bonds. The zero-order valence-electron chi connectivity index (χ0n) is 11.0. The van der Waals surface area contributed by atoms with Crippen LogP contribution in [-0.2, 0) is 14.8 Å². The first kappa shape index (κ1) is 14.2. The molecule has 0 aromatic heterocycles. The molecule has 0 aromatic rings. The van der Waals surface area contributed by atoms with Crippen molar-refractivity contribution in [3.05, 3.63) is 0 Å². The number of nitrogens with two attached hydrogens (primary N) is 1. The Kier molecular flexibility index (Phi) is 4.64. The zero-order valence-corrected chi connectivity index (χ0v) is 11.9. The molecule has 6 heteroatoms. The van der Waals surface area contributed by atoms with Crippen LogP contribution in [0.25, 0.3) is 0 Å². The maximum absolute atomic E-state index is 12.3. The van der Waals surface area contributed by atoms with Crippen LogP contribution < -0.4 is 5.73 Å². The fourth-order valence-corrected chi connectivity index (χ4v) is 4.45. The molecule has 5 nitrogen and oxygen atoms in total. The van der Waals surface area contributed by atoms with E-state index in [0.29, 0.717) is 19.7 Å². The quantitative estimate of drug-likeness (QED) is 0.817. The third-order valence-electron chi connectivity index (χ3n) is 4.00. The molecule has 2 aliphatic rings. The van der Waals surface area contributed by atoms with Gasteiger partial charge in [0.2, 0.25) is 10.0 Å². The molecular formula is C12H24N2O3S. The molecule has 18 heavy (non-hydrogen) atoms. The van der Waals surface area contributed by atoms with Gasteiger partial charge in [-0.2, -0.15) is 0 Å². The number of hydrogen-bond donors (Lipinski definition) is 1. The highest BCUT2D eigenvalue weighted by molar-refractivity contribution is 7.89. The summed E-state index contributed by atoms with van der Waals surface area (Å²) in [7, 11) is -3.19. The number of rotatable bonds is 3. The molecule has 2 heterocycles. The van der Waals surface area contributed by atoms with E-state index in [4.69, 9.17) is 10.5 Å². The van der Waals surface area contributed by atoms with Gasteiger partial charge < -0.3 is 10.5 Å². The molecular weight excluding hydrogens is 252 g/mol. The van der Waals surface area contributed by atoms with Gasteiger partial charge in [0.15, 0.2) is 0 Å². The van der Waals surface area contributed by atoms with Gasteiger partial charge in [0.05, 0.1) is 11.9 Å². The minimum absolute atomic E-state index is 0.116. The molecule has 2 aliphatic heterocycles. The molecule has 0 saturated carbocycles. The van der Waals surface area contributed by atoms with E-state index in [9.17, 15) is 8.42 Å². The summed E-state index contributed by atoms with van der Waals surface area (Å²) < 4.78 is 31.7. The van der Waals surface area contributed by atoms with Crippen molar-refractivity contribution in [2.45, 2.75) is 44.8 Å². The molecule has 0 radical (unpaired) electrons. The Morgan fingerprint density at radius 2 is 2.11 bits per heavy atom. The lowest BCUT2D eigenvalue weighted by atomic mass is 9.96. The molecule has 0 spiro atoms. The van der Waals surface area contributed by atoms with E-state index in [1.54, 1.807) is 4.31 Å². The van der Waals surface area contributed by atoms with Crippen LogP contribution in [0, 0.1) is 5.92 Å². The second kappa shape index (κ2) is 5.86. The SMILES string of the molecule is CC1CN(S(=O)(=O)CC2CCCCO2)CCC1N. The van der Waals surface area contributed by atoms with E-state index < -0.39 is 10.0 Å². The third-order valence-corrected chi connectivity index (χ3v) is 5.91. The molecule has 2 N–H and O–H groups in total. The van der Waals surface area contributed by atoms with Crippen molar-refractivity contribution in [3.8, 4) is 0 Å². The summed E-state index contributed by atoms with van der Waals surface area (Å²) in [4.78, 5) is 0. The summed E-state index contributed by atoms with van der Waals surface area (Å²) in [5.41, 5.74) is 5.92. The van der Waals surface area contributed by atoms with Gasteiger partial charge in [0.1, 0.15) is 0 Å². The molecule has 2 fully saturated rings. The number of ether oxygens (including phenoxy) is 1. The predicted octanol–water partition coefficient (Wildman–Crippen LogP) is 0.554. The van der Waals surface area contributed by atoms with Gasteiger partial charge in [-0.05, 0) is 31.6 Å². The standard InChI is InChI=1S/C12H24N2O3S/c1-10-8-14(6-5-12(10)13)18(15,16)9-11-4-2-3-7-17-11/h10-12H,2-9,13H2,1H3. The number of nitrogens with zero attached hydrogens (tertiary/aromatic N) is 1. The number of sulfonamides is 1. The Bertz CT molecular complexity index is 366. The fraction of sp³-hybridized carbons (Fsp3) is 1.00. The first-order valence-corrected chi connectivity index (χ1v) is 8.45. The van der Waals surface area contributed by atoms with Crippen LogP contribution in [0.3, 0.4) is 0 Å². The fourth-order valence-electron chi connectivity index (χ4n) is 2.66. The lowest BCUT2D eigenvalue weighted by Gasteiger charge is -2.35. The Labute approximate surface area is 110 Å². The van der Waals surface area contributed by atoms with Crippen molar-refractivity contribution in [2.24, 2.45) is 11.7 Å². The Morgan fingerprint density at radius 1 is 1.33 bits per heavy atom. The lowest BCUT2D eigenvalue weighted by molar-refractivity contribution is 0.0297. The first-order valence-electron chi connectivity index (χ1n) is 6.84. The second-order valence-corrected chi connectivity index (χ2v) is 7.57. The first-order chi connectivity index (χ1) is 8.49. The Balaban J connectivity index is 1.93. The smallest absolute Gasteiger partial charge is 0.216 e. The predicted molar refractivity (Wildman–Crippen MR) is 70.7 cm³/mol. The van der Waals surface area contributed by atoms with Crippen molar-refractivity contribution in [3.63, 3.8) is 0 Å². The Morgan fingerprint density at radius 3 is 2.72 bits per heavy atom. The molecule has 0 aliphatic carbocycles. The van der Waals surface area contributed by atoms with Gasteiger partial charge in [-0.1, -0.05) is 6.92 Å². The normalized spacial score (nSPS) is 35.6. The van der Waals surface area contributed by atoms with Gasteiger partial charge in [0.25, 0.3) is 0 Å². The van der Waals surface area contributed by atoms with Crippen molar-refractivity contribution < 1.29 is 13.2 Å². The van der Waals surface area contributed by atoms with Crippen LogP contribution in [0.15, 0.2) is 0 Å². The second-order valence-electron chi connectivity index (χ2n) is 5.55. The van der Waals surface area contributed by atoms with Crippen molar-refractivity contribution in [2.75, 3.05) is 25.4 Å². The molecule has 106 valence electrons. The highest BCUT2D eigenvalue weighted by Crippen LogP contribution is 2.21. The average molecular weight is 276 g/mol. The summed E-state index contributed by atoms with van der Waals surface area (Å²) in [5.74, 6) is 0.371. The molecule has 3 unspecified atom stereocenters. The summed E-state index contributed by atoms with van der Waals surface area (Å²) in [6.07, 6.45) is 3.62. The molecule has 0 bridgehead atoms. The topological polar surface area (TPSA) is 72.6 Å². The van der Waals surface area contributed by atoms with Crippen LogP contribution in [0.2, 0.25) is 0 Å². The summed E-state index contributed by atoms with van der Waals surface area (Å²) in [5, 5.41) is 0. The van der Waals surface area contributed by atoms with Crippen LogP contribution in [-0.4, -0.2) is 50.3 Å². The molecule has 0 aromatic carbocycles. The van der Waals surface area contributed by atoms with E-state index in [0.717, 1.165) is 25.7 Å². The highest BCUT2D eigenvalue weighted by atomic mass is 32.2. The average Bonchev–Trinajstić information content (AvgIpc) is 2.33. The Hall–Kier alpha value is -0.170. The van der Waals surface area contributed by atoms with E-state index in [2.05, 4.69) is 0 Å². The van der Waals surface area contributed by atoms with Crippen LogP contribution >= 0.6 is 0 Å². The highest BCUT2D eigenvalue weighted by Gasteiger charge is 2.33. The third kappa shape index (κ3) is 3.44. The molecule has 3 atom stereocenters. The van der Waals surface area contributed by atoms with Gasteiger partial charge in [-0.15, -0.1) is 0 Å². The van der Waals surface area contributed by atoms with Crippen LogP contribution in [0.4, 0.5) is 0 Å². The number of piperidine rings is 1. The van der Waals surface area contributed by atoms with Gasteiger partial charge in [-0.25, -0.2) is 12.7 Å². The van der Waals surface area contributed by atoms with E-state index in [1.807, 2.05) is 6.92 Å². The van der Waals surface area contributed by atoms with Crippen molar-refractivity contribution in [1.82, 2.24) is 4.31 Å². The zero-order chi connectivity index (χ0) is 13.2. The van der Waals surface area contributed by atoms with Crippen molar-refractivity contribution >= 4 is 10.0 Å².